The summed E-state index contributed by atoms with van der Waals surface area (Å²) in [7, 11) is 0. The highest BCUT2D eigenvalue weighted by atomic mass is 16.6. The Balaban J connectivity index is 2.37. The van der Waals surface area contributed by atoms with Crippen molar-refractivity contribution in [1.29, 1.82) is 10.5 Å². The molecule has 0 amide bonds. The zero-order valence-corrected chi connectivity index (χ0v) is 9.72. The lowest BCUT2D eigenvalue weighted by Crippen LogP contribution is -2.25. The van der Waals surface area contributed by atoms with Crippen molar-refractivity contribution >= 4 is 11.4 Å². The standard InChI is InChI=1S/C12H12N4O2/c13-1-3-16(4-2-14)10-8-12-11(7-9(10)15)17-5-6-18-12/h7-8H,3-6,15H2. The van der Waals surface area contributed by atoms with E-state index in [1.54, 1.807) is 17.0 Å². The molecule has 0 aromatic heterocycles. The smallest absolute Gasteiger partial charge is 0.163 e. The molecule has 0 bridgehead atoms. The van der Waals surface area contributed by atoms with E-state index in [4.69, 9.17) is 25.7 Å². The van der Waals surface area contributed by atoms with E-state index in [0.717, 1.165) is 0 Å². The number of anilines is 2. The maximum absolute atomic E-state index is 8.76. The highest BCUT2D eigenvalue weighted by Gasteiger charge is 2.17. The number of benzene rings is 1. The van der Waals surface area contributed by atoms with Crippen LogP contribution in [0.5, 0.6) is 11.5 Å². The summed E-state index contributed by atoms with van der Waals surface area (Å²) in [5.41, 5.74) is 6.99. The Kier molecular flexibility index (Phi) is 3.40. The summed E-state index contributed by atoms with van der Waals surface area (Å²) in [5.74, 6) is 1.18. The Labute approximate surface area is 105 Å². The Morgan fingerprint density at radius 3 is 2.22 bits per heavy atom. The highest BCUT2D eigenvalue weighted by molar-refractivity contribution is 5.73. The molecule has 0 atom stereocenters. The molecule has 2 N–H and O–H groups in total. The quantitative estimate of drug-likeness (QED) is 0.626. The van der Waals surface area contributed by atoms with Gasteiger partial charge in [0.05, 0.1) is 23.5 Å². The van der Waals surface area contributed by atoms with E-state index in [1.807, 2.05) is 12.1 Å². The van der Waals surface area contributed by atoms with Crippen molar-refractivity contribution in [3.8, 4) is 23.6 Å². The van der Waals surface area contributed by atoms with Crippen LogP contribution in [0.15, 0.2) is 12.1 Å². The summed E-state index contributed by atoms with van der Waals surface area (Å²) in [4.78, 5) is 1.59. The lowest BCUT2D eigenvalue weighted by atomic mass is 10.2. The second-order valence-corrected chi connectivity index (χ2v) is 3.73. The molecule has 1 aliphatic rings. The van der Waals surface area contributed by atoms with Crippen molar-refractivity contribution < 1.29 is 9.47 Å². The van der Waals surface area contributed by atoms with Crippen molar-refractivity contribution in [2.24, 2.45) is 0 Å². The fourth-order valence-corrected chi connectivity index (χ4v) is 1.76. The van der Waals surface area contributed by atoms with Gasteiger partial charge in [-0.05, 0) is 0 Å². The number of ether oxygens (including phenoxy) is 2. The zero-order valence-electron chi connectivity index (χ0n) is 9.72. The zero-order chi connectivity index (χ0) is 13.0. The molecule has 0 saturated heterocycles. The molecule has 1 heterocycles. The van der Waals surface area contributed by atoms with E-state index in [2.05, 4.69) is 0 Å². The first kappa shape index (κ1) is 11.9. The van der Waals surface area contributed by atoms with E-state index >= 15 is 0 Å². The van der Waals surface area contributed by atoms with E-state index in [0.29, 0.717) is 36.1 Å². The van der Waals surface area contributed by atoms with Crippen molar-refractivity contribution in [2.45, 2.75) is 0 Å². The van der Waals surface area contributed by atoms with Gasteiger partial charge in [-0.3, -0.25) is 0 Å². The van der Waals surface area contributed by atoms with E-state index < -0.39 is 0 Å². The predicted molar refractivity (Wildman–Crippen MR) is 65.3 cm³/mol. The molecule has 0 radical (unpaired) electrons. The molecule has 0 fully saturated rings. The van der Waals surface area contributed by atoms with Gasteiger partial charge in [0.15, 0.2) is 11.5 Å². The van der Waals surface area contributed by atoms with Gasteiger partial charge in [-0.15, -0.1) is 0 Å². The molecule has 6 nitrogen and oxygen atoms in total. The van der Waals surface area contributed by atoms with Crippen molar-refractivity contribution in [2.75, 3.05) is 36.9 Å². The molecule has 92 valence electrons. The molecule has 6 heteroatoms. The molecular formula is C12H12N4O2. The Bertz CT molecular complexity index is 514. The molecule has 18 heavy (non-hydrogen) atoms. The van der Waals surface area contributed by atoms with Crippen LogP contribution in [-0.2, 0) is 0 Å². The van der Waals surface area contributed by atoms with Crippen molar-refractivity contribution in [3.63, 3.8) is 0 Å². The third-order valence-corrected chi connectivity index (χ3v) is 2.56. The van der Waals surface area contributed by atoms with Gasteiger partial charge < -0.3 is 20.1 Å². The number of nitrogens with two attached hydrogens (primary N) is 1. The van der Waals surface area contributed by atoms with Crippen LogP contribution < -0.4 is 20.1 Å². The normalized spacial score (nSPS) is 12.3. The average molecular weight is 244 g/mol. The maximum atomic E-state index is 8.76. The topological polar surface area (TPSA) is 95.3 Å². The van der Waals surface area contributed by atoms with Crippen LogP contribution in [0.2, 0.25) is 0 Å². The van der Waals surface area contributed by atoms with Gasteiger partial charge in [0.1, 0.15) is 26.3 Å². The minimum atomic E-state index is 0.0946. The Morgan fingerprint density at radius 1 is 1.11 bits per heavy atom. The van der Waals surface area contributed by atoms with Crippen LogP contribution in [0.25, 0.3) is 0 Å². The minimum Gasteiger partial charge on any atom is -0.486 e. The summed E-state index contributed by atoms with van der Waals surface area (Å²) >= 11 is 0. The lowest BCUT2D eigenvalue weighted by Gasteiger charge is -2.24. The number of nitriles is 2. The summed E-state index contributed by atoms with van der Waals surface area (Å²) in [6.07, 6.45) is 0. The van der Waals surface area contributed by atoms with E-state index in [-0.39, 0.29) is 13.1 Å². The fourth-order valence-electron chi connectivity index (χ4n) is 1.76. The van der Waals surface area contributed by atoms with Gasteiger partial charge in [0.25, 0.3) is 0 Å². The molecule has 0 spiro atoms. The third kappa shape index (κ3) is 2.23. The number of rotatable bonds is 3. The molecule has 1 aromatic carbocycles. The Morgan fingerprint density at radius 2 is 1.67 bits per heavy atom. The fraction of sp³-hybridized carbons (Fsp3) is 0.333. The van der Waals surface area contributed by atoms with Gasteiger partial charge in [-0.2, -0.15) is 10.5 Å². The average Bonchev–Trinajstić information content (AvgIpc) is 2.38. The second-order valence-electron chi connectivity index (χ2n) is 3.73. The van der Waals surface area contributed by atoms with Crippen molar-refractivity contribution in [3.05, 3.63) is 12.1 Å². The predicted octanol–water partition coefficient (Wildman–Crippen LogP) is 0.894. The summed E-state index contributed by atoms with van der Waals surface area (Å²) in [6, 6.07) is 7.38. The maximum Gasteiger partial charge on any atom is 0.163 e. The molecule has 0 aliphatic carbocycles. The first-order chi connectivity index (χ1) is 8.76. The number of nitrogen functional groups attached to an aromatic ring is 1. The monoisotopic (exact) mass is 244 g/mol. The van der Waals surface area contributed by atoms with Crippen LogP contribution in [0.3, 0.4) is 0 Å². The first-order valence-electron chi connectivity index (χ1n) is 5.44. The molecule has 1 aromatic rings. The minimum absolute atomic E-state index is 0.0946. The Hall–Kier alpha value is -2.60. The molecule has 2 rings (SSSR count). The van der Waals surface area contributed by atoms with Gasteiger partial charge >= 0.3 is 0 Å². The van der Waals surface area contributed by atoms with Crippen LogP contribution in [0.4, 0.5) is 11.4 Å². The van der Waals surface area contributed by atoms with Gasteiger partial charge in [0.2, 0.25) is 0 Å². The van der Waals surface area contributed by atoms with Gasteiger partial charge in [-0.25, -0.2) is 0 Å². The van der Waals surface area contributed by atoms with Gasteiger partial charge in [-0.1, -0.05) is 0 Å². The third-order valence-electron chi connectivity index (χ3n) is 2.56. The first-order valence-corrected chi connectivity index (χ1v) is 5.44. The van der Waals surface area contributed by atoms with Crippen molar-refractivity contribution in [1.82, 2.24) is 0 Å². The van der Waals surface area contributed by atoms with E-state index in [9.17, 15) is 0 Å². The lowest BCUT2D eigenvalue weighted by molar-refractivity contribution is 0.172. The summed E-state index contributed by atoms with van der Waals surface area (Å²) in [5, 5.41) is 17.5. The summed E-state index contributed by atoms with van der Waals surface area (Å²) in [6.45, 7) is 1.16. The molecule has 0 unspecified atom stereocenters. The van der Waals surface area contributed by atoms with Crippen LogP contribution in [0, 0.1) is 22.7 Å². The summed E-state index contributed by atoms with van der Waals surface area (Å²) < 4.78 is 10.9. The largest absolute Gasteiger partial charge is 0.486 e. The van der Waals surface area contributed by atoms with Gasteiger partial charge in [0, 0.05) is 12.1 Å². The molecule has 0 saturated carbocycles. The highest BCUT2D eigenvalue weighted by Crippen LogP contribution is 2.38. The number of fused-ring (bicyclic) bond motifs is 1. The van der Waals surface area contributed by atoms with Crippen LogP contribution in [-0.4, -0.2) is 26.3 Å². The second kappa shape index (κ2) is 5.15. The number of nitrogens with zero attached hydrogens (tertiary/aromatic N) is 3. The molecular weight excluding hydrogens is 232 g/mol. The van der Waals surface area contributed by atoms with E-state index in [1.165, 1.54) is 0 Å². The molecule has 1 aliphatic heterocycles. The van der Waals surface area contributed by atoms with Crippen LogP contribution in [0.1, 0.15) is 0 Å². The number of hydrogen-bond acceptors (Lipinski definition) is 6. The number of hydrogen-bond donors (Lipinski definition) is 1. The SMILES string of the molecule is N#CCN(CC#N)c1cc2c(cc1N)OCCO2. The van der Waals surface area contributed by atoms with Crippen LogP contribution >= 0.6 is 0 Å².